The Morgan fingerprint density at radius 1 is 1.00 bits per heavy atom. The lowest BCUT2D eigenvalue weighted by atomic mass is 10.1. The molecule has 1 fully saturated rings. The fraction of sp³-hybridized carbons (Fsp3) is 0.364. The maximum Gasteiger partial charge on any atom is 0.253 e. The molecular formula is C22H27Cl2IN4O. The molecule has 0 bridgehead atoms. The van der Waals surface area contributed by atoms with Gasteiger partial charge in [-0.05, 0) is 54.7 Å². The first-order valence-corrected chi connectivity index (χ1v) is 10.6. The summed E-state index contributed by atoms with van der Waals surface area (Å²) in [5, 5.41) is 7.75. The standard InChI is InChI=1S/C22H26Cl2N4O.HI/c1-25-22(27-15-18-9-10-19(23)13-20(18)24)26-14-16-5-7-17(8-6-16)21(29)28-11-3-2-4-12-28;/h5-10,13H,2-4,11-12,14-15H2,1H3,(H2,25,26,27);1H. The van der Waals surface area contributed by atoms with Crippen LogP contribution in [0.1, 0.15) is 40.7 Å². The van der Waals surface area contributed by atoms with Crippen molar-refractivity contribution < 1.29 is 4.79 Å². The van der Waals surface area contributed by atoms with Crippen molar-refractivity contribution >= 4 is 59.0 Å². The van der Waals surface area contributed by atoms with Gasteiger partial charge in [-0.25, -0.2) is 0 Å². The first-order valence-electron chi connectivity index (χ1n) is 9.83. The van der Waals surface area contributed by atoms with Gasteiger partial charge >= 0.3 is 0 Å². The van der Waals surface area contributed by atoms with Crippen LogP contribution in [0.3, 0.4) is 0 Å². The van der Waals surface area contributed by atoms with Crippen LogP contribution in [0, 0.1) is 0 Å². The van der Waals surface area contributed by atoms with Gasteiger partial charge in [0.25, 0.3) is 5.91 Å². The molecule has 2 N–H and O–H groups in total. The van der Waals surface area contributed by atoms with E-state index in [1.807, 2.05) is 41.3 Å². The van der Waals surface area contributed by atoms with Gasteiger partial charge in [0.05, 0.1) is 0 Å². The van der Waals surface area contributed by atoms with E-state index < -0.39 is 0 Å². The van der Waals surface area contributed by atoms with Crippen molar-refractivity contribution in [2.75, 3.05) is 20.1 Å². The minimum Gasteiger partial charge on any atom is -0.352 e. The lowest BCUT2D eigenvalue weighted by Crippen LogP contribution is -2.36. The number of hydrogen-bond acceptors (Lipinski definition) is 2. The molecule has 162 valence electrons. The Hall–Kier alpha value is -1.51. The maximum absolute atomic E-state index is 12.6. The Morgan fingerprint density at radius 2 is 1.67 bits per heavy atom. The highest BCUT2D eigenvalue weighted by Crippen LogP contribution is 2.20. The third-order valence-corrected chi connectivity index (χ3v) is 5.58. The summed E-state index contributed by atoms with van der Waals surface area (Å²) in [7, 11) is 1.72. The molecule has 1 aliphatic heterocycles. The van der Waals surface area contributed by atoms with E-state index in [2.05, 4.69) is 15.6 Å². The summed E-state index contributed by atoms with van der Waals surface area (Å²) in [6.07, 6.45) is 3.41. The fourth-order valence-corrected chi connectivity index (χ4v) is 3.77. The monoisotopic (exact) mass is 560 g/mol. The number of piperidine rings is 1. The molecule has 30 heavy (non-hydrogen) atoms. The second-order valence-electron chi connectivity index (χ2n) is 7.06. The van der Waals surface area contributed by atoms with E-state index in [1.54, 1.807) is 13.1 Å². The molecule has 3 rings (SSSR count). The predicted octanol–water partition coefficient (Wildman–Crippen LogP) is 5.10. The molecule has 0 aromatic heterocycles. The van der Waals surface area contributed by atoms with E-state index >= 15 is 0 Å². The lowest BCUT2D eigenvalue weighted by Gasteiger charge is -2.26. The van der Waals surface area contributed by atoms with Gasteiger partial charge in [-0.2, -0.15) is 0 Å². The van der Waals surface area contributed by atoms with Crippen molar-refractivity contribution in [1.82, 2.24) is 15.5 Å². The number of benzene rings is 2. The molecule has 0 aliphatic carbocycles. The molecule has 0 spiro atoms. The van der Waals surface area contributed by atoms with Crippen molar-refractivity contribution in [2.45, 2.75) is 32.4 Å². The number of nitrogens with one attached hydrogen (secondary N) is 2. The highest BCUT2D eigenvalue weighted by molar-refractivity contribution is 14.0. The summed E-state index contributed by atoms with van der Waals surface area (Å²) in [5.41, 5.74) is 2.77. The molecule has 1 heterocycles. The summed E-state index contributed by atoms with van der Waals surface area (Å²) in [6, 6.07) is 13.2. The number of halogens is 3. The molecule has 0 radical (unpaired) electrons. The maximum atomic E-state index is 12.6. The number of guanidine groups is 1. The Kier molecular flexibility index (Phi) is 10.2. The van der Waals surface area contributed by atoms with Crippen molar-refractivity contribution in [2.24, 2.45) is 4.99 Å². The van der Waals surface area contributed by atoms with Gasteiger partial charge in [0.1, 0.15) is 0 Å². The number of aliphatic imine (C=N–C) groups is 1. The van der Waals surface area contributed by atoms with E-state index in [9.17, 15) is 4.79 Å². The molecule has 1 saturated heterocycles. The van der Waals surface area contributed by atoms with Crippen LogP contribution in [-0.2, 0) is 13.1 Å². The van der Waals surface area contributed by atoms with Crippen molar-refractivity contribution in [1.29, 1.82) is 0 Å². The summed E-state index contributed by atoms with van der Waals surface area (Å²) in [6.45, 7) is 2.87. The zero-order chi connectivity index (χ0) is 20.6. The first kappa shape index (κ1) is 24.8. The van der Waals surface area contributed by atoms with Gasteiger partial charge in [-0.15, -0.1) is 24.0 Å². The van der Waals surface area contributed by atoms with Crippen LogP contribution in [0.4, 0.5) is 0 Å². The minimum absolute atomic E-state index is 0. The van der Waals surface area contributed by atoms with Crippen molar-refractivity contribution in [3.05, 3.63) is 69.2 Å². The molecule has 0 saturated carbocycles. The van der Waals surface area contributed by atoms with Crippen LogP contribution in [0.25, 0.3) is 0 Å². The SMILES string of the molecule is CN=C(NCc1ccc(C(=O)N2CCCCC2)cc1)NCc1ccc(Cl)cc1Cl.I. The second-order valence-corrected chi connectivity index (χ2v) is 7.91. The number of carbonyl (C=O) groups excluding carboxylic acids is 1. The molecule has 2 aromatic rings. The largest absolute Gasteiger partial charge is 0.352 e. The van der Waals surface area contributed by atoms with Gasteiger partial charge in [0, 0.05) is 48.8 Å². The van der Waals surface area contributed by atoms with E-state index in [1.165, 1.54) is 6.42 Å². The quantitative estimate of drug-likeness (QED) is 0.304. The normalized spacial score (nSPS) is 14.1. The van der Waals surface area contributed by atoms with Gasteiger partial charge in [-0.3, -0.25) is 9.79 Å². The van der Waals surface area contributed by atoms with Crippen LogP contribution < -0.4 is 10.6 Å². The highest BCUT2D eigenvalue weighted by atomic mass is 127. The topological polar surface area (TPSA) is 56.7 Å². The number of amides is 1. The zero-order valence-electron chi connectivity index (χ0n) is 17.0. The Bertz CT molecular complexity index is 868. The van der Waals surface area contributed by atoms with E-state index in [4.69, 9.17) is 23.2 Å². The summed E-state index contributed by atoms with van der Waals surface area (Å²) >= 11 is 12.1. The molecular weight excluding hydrogens is 534 g/mol. The molecule has 5 nitrogen and oxygen atoms in total. The van der Waals surface area contributed by atoms with Crippen LogP contribution in [-0.4, -0.2) is 36.9 Å². The third kappa shape index (κ3) is 7.03. The Labute approximate surface area is 205 Å². The highest BCUT2D eigenvalue weighted by Gasteiger charge is 2.17. The van der Waals surface area contributed by atoms with Crippen molar-refractivity contribution in [3.8, 4) is 0 Å². The molecule has 1 amide bonds. The van der Waals surface area contributed by atoms with Crippen LogP contribution in [0.5, 0.6) is 0 Å². The summed E-state index contributed by atoms with van der Waals surface area (Å²) in [4.78, 5) is 18.7. The van der Waals surface area contributed by atoms with E-state index in [0.717, 1.165) is 42.6 Å². The molecule has 8 heteroatoms. The number of nitrogens with zero attached hydrogens (tertiary/aromatic N) is 2. The minimum atomic E-state index is 0. The van der Waals surface area contributed by atoms with E-state index in [-0.39, 0.29) is 29.9 Å². The number of likely N-dealkylation sites (tertiary alicyclic amines) is 1. The van der Waals surface area contributed by atoms with Gasteiger partial charge in [-0.1, -0.05) is 41.4 Å². The van der Waals surface area contributed by atoms with Gasteiger partial charge in [0.2, 0.25) is 0 Å². The summed E-state index contributed by atoms with van der Waals surface area (Å²) in [5.74, 6) is 0.797. The summed E-state index contributed by atoms with van der Waals surface area (Å²) < 4.78 is 0. The fourth-order valence-electron chi connectivity index (χ4n) is 3.30. The lowest BCUT2D eigenvalue weighted by molar-refractivity contribution is 0.0724. The van der Waals surface area contributed by atoms with Crippen LogP contribution in [0.15, 0.2) is 47.5 Å². The van der Waals surface area contributed by atoms with E-state index in [0.29, 0.717) is 29.1 Å². The predicted molar refractivity (Wildman–Crippen MR) is 135 cm³/mol. The number of carbonyl (C=O) groups is 1. The second kappa shape index (κ2) is 12.4. The molecule has 0 atom stereocenters. The number of hydrogen-bond donors (Lipinski definition) is 2. The zero-order valence-corrected chi connectivity index (χ0v) is 20.8. The first-order chi connectivity index (χ1) is 14.1. The van der Waals surface area contributed by atoms with Crippen LogP contribution >= 0.6 is 47.2 Å². The molecule has 1 aliphatic rings. The third-order valence-electron chi connectivity index (χ3n) is 4.99. The van der Waals surface area contributed by atoms with Crippen molar-refractivity contribution in [3.63, 3.8) is 0 Å². The number of rotatable bonds is 5. The van der Waals surface area contributed by atoms with Gasteiger partial charge in [0.15, 0.2) is 5.96 Å². The average Bonchev–Trinajstić information content (AvgIpc) is 2.75. The Balaban J connectivity index is 0.00000320. The average molecular weight is 561 g/mol. The molecule has 0 unspecified atom stereocenters. The molecule has 2 aromatic carbocycles. The van der Waals surface area contributed by atoms with Gasteiger partial charge < -0.3 is 15.5 Å². The van der Waals surface area contributed by atoms with Crippen LogP contribution in [0.2, 0.25) is 10.0 Å². The Morgan fingerprint density at radius 3 is 2.30 bits per heavy atom. The smallest absolute Gasteiger partial charge is 0.253 e.